The summed E-state index contributed by atoms with van der Waals surface area (Å²) in [4.78, 5) is 37.0. The van der Waals surface area contributed by atoms with E-state index in [1.807, 2.05) is 13.0 Å². The predicted octanol–water partition coefficient (Wildman–Crippen LogP) is 3.31. The Labute approximate surface area is 161 Å². The maximum absolute atomic E-state index is 12.8. The summed E-state index contributed by atoms with van der Waals surface area (Å²) in [5.41, 5.74) is 1.68. The molecule has 3 rings (SSSR count). The fraction of sp³-hybridized carbons (Fsp3) is 0.250. The van der Waals surface area contributed by atoms with Gasteiger partial charge in [-0.15, -0.1) is 11.8 Å². The van der Waals surface area contributed by atoms with Crippen molar-refractivity contribution in [1.82, 2.24) is 5.32 Å². The molecule has 0 bridgehead atoms. The molecular weight excluding hydrogens is 364 g/mol. The first-order valence-electron chi connectivity index (χ1n) is 8.57. The van der Waals surface area contributed by atoms with Crippen molar-refractivity contribution in [3.05, 3.63) is 59.7 Å². The van der Waals surface area contributed by atoms with E-state index in [1.165, 1.54) is 11.8 Å². The van der Waals surface area contributed by atoms with Crippen molar-refractivity contribution >= 4 is 35.2 Å². The summed E-state index contributed by atoms with van der Waals surface area (Å²) in [6, 6.07) is 13.4. The standard InChI is InChI=1S/C20H20N2O4S/c1-11(20(25)26)17(13-6-4-3-5-7-13)22-19(24)14-8-9-16-15(10-14)21-18(23)12(2)27-16/h3-12,17H,1-2H3,(H,21,23)(H,22,24)(H,25,26). The van der Waals surface area contributed by atoms with Crippen LogP contribution in [0.2, 0.25) is 0 Å². The third-order valence-corrected chi connectivity index (χ3v) is 5.68. The number of benzene rings is 2. The van der Waals surface area contributed by atoms with Crippen LogP contribution in [0, 0.1) is 5.92 Å². The molecule has 1 aliphatic heterocycles. The lowest BCUT2D eigenvalue weighted by Crippen LogP contribution is -2.35. The molecule has 1 heterocycles. The van der Waals surface area contributed by atoms with Gasteiger partial charge in [0, 0.05) is 10.5 Å². The molecule has 0 saturated heterocycles. The van der Waals surface area contributed by atoms with Gasteiger partial charge in [0.25, 0.3) is 5.91 Å². The summed E-state index contributed by atoms with van der Waals surface area (Å²) in [7, 11) is 0. The SMILES string of the molecule is CC1Sc2ccc(C(=O)NC(c3ccccc3)C(C)C(=O)O)cc2NC1=O. The number of thioether (sulfide) groups is 1. The molecule has 0 fully saturated rings. The number of nitrogens with one attached hydrogen (secondary N) is 2. The zero-order valence-electron chi connectivity index (χ0n) is 14.9. The second-order valence-electron chi connectivity index (χ2n) is 6.45. The van der Waals surface area contributed by atoms with Crippen molar-refractivity contribution in [3.63, 3.8) is 0 Å². The van der Waals surface area contributed by atoms with Crippen molar-refractivity contribution in [3.8, 4) is 0 Å². The monoisotopic (exact) mass is 384 g/mol. The van der Waals surface area contributed by atoms with Crippen molar-refractivity contribution in [2.24, 2.45) is 5.92 Å². The van der Waals surface area contributed by atoms with Gasteiger partial charge >= 0.3 is 5.97 Å². The number of hydrogen-bond acceptors (Lipinski definition) is 4. The molecule has 27 heavy (non-hydrogen) atoms. The van der Waals surface area contributed by atoms with Gasteiger partial charge in [0.05, 0.1) is 22.9 Å². The highest BCUT2D eigenvalue weighted by Gasteiger charge is 2.28. The summed E-state index contributed by atoms with van der Waals surface area (Å²) >= 11 is 1.44. The Morgan fingerprint density at radius 1 is 1.19 bits per heavy atom. The van der Waals surface area contributed by atoms with Gasteiger partial charge in [0.2, 0.25) is 5.91 Å². The van der Waals surface area contributed by atoms with Gasteiger partial charge in [-0.05, 0) is 37.6 Å². The number of rotatable bonds is 5. The van der Waals surface area contributed by atoms with E-state index in [2.05, 4.69) is 10.6 Å². The quantitative estimate of drug-likeness (QED) is 0.735. The van der Waals surface area contributed by atoms with Gasteiger partial charge < -0.3 is 15.7 Å². The Kier molecular flexibility index (Phi) is 5.51. The lowest BCUT2D eigenvalue weighted by Gasteiger charge is -2.24. The lowest BCUT2D eigenvalue weighted by atomic mass is 9.94. The Morgan fingerprint density at radius 3 is 2.56 bits per heavy atom. The summed E-state index contributed by atoms with van der Waals surface area (Å²) in [6.07, 6.45) is 0. The van der Waals surface area contributed by atoms with Crippen molar-refractivity contribution in [2.75, 3.05) is 5.32 Å². The van der Waals surface area contributed by atoms with E-state index in [1.54, 1.807) is 49.4 Å². The van der Waals surface area contributed by atoms with Crippen molar-refractivity contribution in [1.29, 1.82) is 0 Å². The van der Waals surface area contributed by atoms with Crippen molar-refractivity contribution < 1.29 is 19.5 Å². The highest BCUT2D eigenvalue weighted by molar-refractivity contribution is 8.00. The van der Waals surface area contributed by atoms with E-state index in [9.17, 15) is 19.5 Å². The summed E-state index contributed by atoms with van der Waals surface area (Å²) < 4.78 is 0. The topological polar surface area (TPSA) is 95.5 Å². The number of carboxylic acid groups (broad SMARTS) is 1. The molecular formula is C20H20N2O4S. The maximum atomic E-state index is 12.8. The predicted molar refractivity (Wildman–Crippen MR) is 104 cm³/mol. The van der Waals surface area contributed by atoms with Crippen molar-refractivity contribution in [2.45, 2.75) is 30.0 Å². The zero-order valence-corrected chi connectivity index (χ0v) is 15.7. The lowest BCUT2D eigenvalue weighted by molar-refractivity contribution is -0.142. The summed E-state index contributed by atoms with van der Waals surface area (Å²) in [5.74, 6) is -2.29. The minimum Gasteiger partial charge on any atom is -0.481 e. The molecule has 0 radical (unpaired) electrons. The Bertz CT molecular complexity index is 885. The van der Waals surface area contributed by atoms with E-state index in [-0.39, 0.29) is 11.2 Å². The minimum absolute atomic E-state index is 0.105. The van der Waals surface area contributed by atoms with Gasteiger partial charge in [0.15, 0.2) is 0 Å². The van der Waals surface area contributed by atoms with Gasteiger partial charge in [-0.25, -0.2) is 0 Å². The molecule has 140 valence electrons. The van der Waals surface area contributed by atoms with E-state index in [0.29, 0.717) is 11.3 Å². The second-order valence-corrected chi connectivity index (χ2v) is 7.83. The first kappa shape index (κ1) is 19.0. The zero-order chi connectivity index (χ0) is 19.6. The average molecular weight is 384 g/mol. The molecule has 7 heteroatoms. The largest absolute Gasteiger partial charge is 0.481 e. The van der Waals surface area contributed by atoms with E-state index < -0.39 is 23.8 Å². The number of carbonyl (C=O) groups is 3. The van der Waals surface area contributed by atoms with E-state index >= 15 is 0 Å². The van der Waals surface area contributed by atoms with Crippen LogP contribution in [0.25, 0.3) is 0 Å². The number of amides is 2. The minimum atomic E-state index is -0.993. The highest BCUT2D eigenvalue weighted by atomic mass is 32.2. The Hall–Kier alpha value is -2.80. The average Bonchev–Trinajstić information content (AvgIpc) is 2.66. The fourth-order valence-electron chi connectivity index (χ4n) is 2.87. The molecule has 0 spiro atoms. The van der Waals surface area contributed by atoms with Crippen LogP contribution in [-0.4, -0.2) is 28.1 Å². The molecule has 0 aromatic heterocycles. The summed E-state index contributed by atoms with van der Waals surface area (Å²) in [5, 5.41) is 14.8. The van der Waals surface area contributed by atoms with Crippen LogP contribution in [0.4, 0.5) is 5.69 Å². The van der Waals surface area contributed by atoms with Crippen LogP contribution in [0.1, 0.15) is 35.8 Å². The Balaban J connectivity index is 1.85. The summed E-state index contributed by atoms with van der Waals surface area (Å²) in [6.45, 7) is 3.38. The van der Waals surface area contributed by atoms with Gasteiger partial charge in [-0.2, -0.15) is 0 Å². The maximum Gasteiger partial charge on any atom is 0.308 e. The van der Waals surface area contributed by atoms with Crippen LogP contribution in [0.3, 0.4) is 0 Å². The molecule has 3 atom stereocenters. The van der Waals surface area contributed by atoms with Crippen LogP contribution < -0.4 is 10.6 Å². The third-order valence-electron chi connectivity index (χ3n) is 4.51. The van der Waals surface area contributed by atoms with E-state index in [4.69, 9.17) is 0 Å². The molecule has 3 unspecified atom stereocenters. The number of hydrogen-bond donors (Lipinski definition) is 3. The molecule has 3 N–H and O–H groups in total. The first-order valence-corrected chi connectivity index (χ1v) is 9.45. The molecule has 0 aliphatic carbocycles. The molecule has 1 aliphatic rings. The van der Waals surface area contributed by atoms with Crippen LogP contribution in [-0.2, 0) is 9.59 Å². The second kappa shape index (κ2) is 7.84. The molecule has 0 saturated carbocycles. The number of fused-ring (bicyclic) bond motifs is 1. The number of aliphatic carboxylic acids is 1. The van der Waals surface area contributed by atoms with E-state index in [0.717, 1.165) is 10.5 Å². The number of carboxylic acids is 1. The number of anilines is 1. The molecule has 2 aromatic rings. The van der Waals surface area contributed by atoms with Gasteiger partial charge in [0.1, 0.15) is 0 Å². The van der Waals surface area contributed by atoms with Crippen LogP contribution >= 0.6 is 11.8 Å². The number of carbonyl (C=O) groups excluding carboxylic acids is 2. The van der Waals surface area contributed by atoms with Crippen LogP contribution in [0.5, 0.6) is 0 Å². The first-order chi connectivity index (χ1) is 12.9. The Morgan fingerprint density at radius 2 is 1.89 bits per heavy atom. The van der Waals surface area contributed by atoms with Crippen LogP contribution in [0.15, 0.2) is 53.4 Å². The molecule has 6 nitrogen and oxygen atoms in total. The molecule has 2 aromatic carbocycles. The fourth-order valence-corrected chi connectivity index (χ4v) is 3.80. The molecule has 2 amide bonds. The smallest absolute Gasteiger partial charge is 0.308 e. The van der Waals surface area contributed by atoms with Gasteiger partial charge in [-0.3, -0.25) is 14.4 Å². The third kappa shape index (κ3) is 4.14. The normalized spacial score (nSPS) is 18.0. The highest BCUT2D eigenvalue weighted by Crippen LogP contribution is 2.36. The van der Waals surface area contributed by atoms with Gasteiger partial charge in [-0.1, -0.05) is 30.3 Å².